The molecule has 2 N–H and O–H groups in total. The first kappa shape index (κ1) is 33.5. The molecule has 0 aliphatic heterocycles. The van der Waals surface area contributed by atoms with E-state index in [1.54, 1.807) is 44.2 Å². The molecule has 48 heavy (non-hydrogen) atoms. The smallest absolute Gasteiger partial charge is 0.302 e. The molecule has 248 valence electrons. The molecule has 2 heterocycles. The summed E-state index contributed by atoms with van der Waals surface area (Å²) in [7, 11) is -2.65. The summed E-state index contributed by atoms with van der Waals surface area (Å²) in [6.45, 7) is 4.43. The maximum atomic E-state index is 13.6. The molecule has 0 saturated carbocycles. The minimum Gasteiger partial charge on any atom is -0.507 e. The lowest BCUT2D eigenvalue weighted by Gasteiger charge is -2.22. The fourth-order valence-electron chi connectivity index (χ4n) is 4.60. The van der Waals surface area contributed by atoms with E-state index in [4.69, 9.17) is 4.74 Å². The Morgan fingerprint density at radius 2 is 1.50 bits per heavy atom. The molecular weight excluding hydrogens is 642 g/mol. The molecule has 1 aliphatic rings. The molecule has 17 nitrogen and oxygen atoms in total. The molecule has 0 unspecified atom stereocenters. The summed E-state index contributed by atoms with van der Waals surface area (Å²) in [4.78, 5) is 13.6. The number of rotatable bonds is 11. The molecule has 2 aromatic heterocycles. The fourth-order valence-corrected chi connectivity index (χ4v) is 5.84. The number of esters is 1. The van der Waals surface area contributed by atoms with Gasteiger partial charge in [0.25, 0.3) is 0 Å². The summed E-state index contributed by atoms with van der Waals surface area (Å²) in [5.74, 6) is 0.120. The van der Waals surface area contributed by atoms with E-state index in [9.17, 15) is 23.4 Å². The number of aryl methyl sites for hydroxylation is 2. The van der Waals surface area contributed by atoms with Crippen LogP contribution in [0.3, 0.4) is 0 Å². The lowest BCUT2D eigenvalue weighted by atomic mass is 9.87. The summed E-state index contributed by atoms with van der Waals surface area (Å²) >= 11 is 0. The van der Waals surface area contributed by atoms with Crippen LogP contribution in [0.2, 0.25) is 0 Å². The lowest BCUT2D eigenvalue weighted by Crippen LogP contribution is -2.31. The number of sulfonamides is 1. The van der Waals surface area contributed by atoms with Crippen LogP contribution in [0.1, 0.15) is 47.2 Å². The van der Waals surface area contributed by atoms with Gasteiger partial charge in [-0.05, 0) is 112 Å². The summed E-state index contributed by atoms with van der Waals surface area (Å²) in [5.41, 5.74) is 2.51. The monoisotopic (exact) mass is 673 g/mol. The number of carbonyl (C=O) groups excluding carboxylic acids is 1. The molecule has 0 radical (unpaired) electrons. The fraction of sp³-hybridized carbons (Fsp3) is 0.233. The van der Waals surface area contributed by atoms with Crippen molar-refractivity contribution in [2.75, 3.05) is 20.2 Å². The van der Waals surface area contributed by atoms with Crippen LogP contribution in [-0.2, 0) is 19.6 Å². The molecule has 0 atom stereocenters. The average molecular weight is 674 g/mol. The highest BCUT2D eigenvalue weighted by Gasteiger charge is 2.26. The first-order valence-electron chi connectivity index (χ1n) is 14.4. The number of hydrogen-bond acceptors (Lipinski definition) is 14. The zero-order valence-corrected chi connectivity index (χ0v) is 27.1. The number of carbonyl (C=O) groups is 1. The number of benzene rings is 2. The van der Waals surface area contributed by atoms with Crippen LogP contribution in [0.25, 0.3) is 5.57 Å². The standard InChI is InChI=1S/C30H31N11O6S/c1-19-33-35-37-40(19)31-17-22-8-10-28(43)26(14-22)30(27-15-23(9-11-29(27)44)18-32-41-20(2)34-36-38-41)24-6-5-7-25(16-24)48(45,46)39(4)12-13-47-21(3)42/h5,7-11,14-18,43-44H,6,12-13H2,1-4H3. The lowest BCUT2D eigenvalue weighted by molar-refractivity contribution is -0.141. The van der Waals surface area contributed by atoms with Gasteiger partial charge in [0, 0.05) is 31.6 Å². The maximum absolute atomic E-state index is 13.6. The number of likely N-dealkylation sites (N-methyl/N-ethyl adjacent to an activating group) is 1. The van der Waals surface area contributed by atoms with Crippen LogP contribution in [0.4, 0.5) is 0 Å². The van der Waals surface area contributed by atoms with Crippen molar-refractivity contribution < 1.29 is 28.2 Å². The van der Waals surface area contributed by atoms with Crippen molar-refractivity contribution in [2.45, 2.75) is 27.2 Å². The molecule has 2 aromatic carbocycles. The van der Waals surface area contributed by atoms with E-state index in [-0.39, 0.29) is 47.1 Å². The van der Waals surface area contributed by atoms with E-state index in [0.29, 0.717) is 33.9 Å². The van der Waals surface area contributed by atoms with Crippen LogP contribution < -0.4 is 0 Å². The third kappa shape index (κ3) is 7.56. The number of ether oxygens (including phenoxy) is 1. The van der Waals surface area contributed by atoms with Gasteiger partial charge < -0.3 is 14.9 Å². The van der Waals surface area contributed by atoms with Gasteiger partial charge in [0.2, 0.25) is 10.0 Å². The minimum atomic E-state index is -4.03. The van der Waals surface area contributed by atoms with Crippen molar-refractivity contribution in [2.24, 2.45) is 10.2 Å². The van der Waals surface area contributed by atoms with Crippen molar-refractivity contribution in [3.63, 3.8) is 0 Å². The average Bonchev–Trinajstić information content (AvgIpc) is 3.67. The van der Waals surface area contributed by atoms with Gasteiger partial charge >= 0.3 is 5.97 Å². The molecule has 0 spiro atoms. The van der Waals surface area contributed by atoms with Crippen molar-refractivity contribution >= 4 is 34.0 Å². The Bertz CT molecular complexity index is 2010. The van der Waals surface area contributed by atoms with Crippen LogP contribution in [0, 0.1) is 13.8 Å². The molecule has 0 fully saturated rings. The Morgan fingerprint density at radius 3 is 1.98 bits per heavy atom. The van der Waals surface area contributed by atoms with E-state index >= 15 is 0 Å². The zero-order valence-electron chi connectivity index (χ0n) is 26.3. The van der Waals surface area contributed by atoms with E-state index in [1.807, 2.05) is 0 Å². The normalized spacial score (nSPS) is 13.5. The number of phenolic OH excluding ortho intramolecular Hbond substituents is 2. The Hall–Kier alpha value is -5.88. The van der Waals surface area contributed by atoms with Gasteiger partial charge in [-0.3, -0.25) is 4.79 Å². The number of aromatic nitrogens is 8. The number of allylic oxidation sites excluding steroid dienone is 4. The highest BCUT2D eigenvalue weighted by molar-refractivity contribution is 7.93. The third-order valence-electron chi connectivity index (χ3n) is 7.10. The summed E-state index contributed by atoms with van der Waals surface area (Å²) in [6.07, 6.45) is 7.89. The summed E-state index contributed by atoms with van der Waals surface area (Å²) in [6, 6.07) is 9.50. The van der Waals surface area contributed by atoms with Gasteiger partial charge in [-0.2, -0.15) is 14.5 Å². The summed E-state index contributed by atoms with van der Waals surface area (Å²) < 4.78 is 33.1. The largest absolute Gasteiger partial charge is 0.507 e. The second-order valence-corrected chi connectivity index (χ2v) is 12.5. The Kier molecular flexibility index (Phi) is 9.95. The molecule has 0 amide bonds. The number of aromatic hydroxyl groups is 2. The van der Waals surface area contributed by atoms with Crippen molar-refractivity contribution in [3.8, 4) is 11.5 Å². The predicted octanol–water partition coefficient (Wildman–Crippen LogP) is 1.92. The third-order valence-corrected chi connectivity index (χ3v) is 8.95. The Balaban J connectivity index is 1.65. The zero-order chi connectivity index (χ0) is 34.4. The number of phenols is 2. The molecule has 18 heteroatoms. The van der Waals surface area contributed by atoms with E-state index in [0.717, 1.165) is 4.31 Å². The van der Waals surface area contributed by atoms with Gasteiger partial charge in [-0.25, -0.2) is 8.42 Å². The molecular formula is C30H31N11O6S. The van der Waals surface area contributed by atoms with E-state index in [1.165, 1.54) is 60.3 Å². The second kappa shape index (κ2) is 14.3. The first-order valence-corrected chi connectivity index (χ1v) is 15.8. The first-order chi connectivity index (χ1) is 22.9. The Labute approximate surface area is 274 Å². The molecule has 5 rings (SSSR count). The Morgan fingerprint density at radius 1 is 0.958 bits per heavy atom. The van der Waals surface area contributed by atoms with Gasteiger partial charge in [0.1, 0.15) is 18.1 Å². The van der Waals surface area contributed by atoms with Crippen LogP contribution in [-0.4, -0.2) is 102 Å². The quantitative estimate of drug-likeness (QED) is 0.172. The van der Waals surface area contributed by atoms with E-state index in [2.05, 4.69) is 41.3 Å². The van der Waals surface area contributed by atoms with Gasteiger partial charge in [0.15, 0.2) is 11.6 Å². The molecule has 0 saturated heterocycles. The van der Waals surface area contributed by atoms with Crippen LogP contribution in [0.5, 0.6) is 11.5 Å². The van der Waals surface area contributed by atoms with Gasteiger partial charge in [-0.1, -0.05) is 6.08 Å². The van der Waals surface area contributed by atoms with Crippen molar-refractivity contribution in [3.05, 3.63) is 99.0 Å². The van der Waals surface area contributed by atoms with Crippen LogP contribution in [0.15, 0.2) is 75.3 Å². The molecule has 0 bridgehead atoms. The SMILES string of the molecule is CC(=O)OCCN(C)S(=O)(=O)C1=CC(=C(c2cc(C=Nn3nnnc3C)ccc2O)c2cc(C=Nn3nnnc3C)ccc2O)CC=C1. The number of hydrogen-bond donors (Lipinski definition) is 2. The van der Waals surface area contributed by atoms with Crippen molar-refractivity contribution in [1.82, 2.24) is 44.9 Å². The predicted molar refractivity (Wildman–Crippen MR) is 173 cm³/mol. The minimum absolute atomic E-state index is 0.0377. The molecule has 1 aliphatic carbocycles. The second-order valence-electron chi connectivity index (χ2n) is 10.5. The summed E-state index contributed by atoms with van der Waals surface area (Å²) in [5, 5.41) is 53.3. The van der Waals surface area contributed by atoms with Crippen molar-refractivity contribution in [1.29, 1.82) is 0 Å². The number of nitrogens with zero attached hydrogens (tertiary/aromatic N) is 11. The highest BCUT2D eigenvalue weighted by Crippen LogP contribution is 2.40. The van der Waals surface area contributed by atoms with E-state index < -0.39 is 16.0 Å². The van der Waals surface area contributed by atoms with Gasteiger partial charge in [0.05, 0.1) is 17.3 Å². The topological polar surface area (TPSA) is 216 Å². The maximum Gasteiger partial charge on any atom is 0.302 e. The highest BCUT2D eigenvalue weighted by atomic mass is 32.2. The number of tetrazole rings is 2. The van der Waals surface area contributed by atoms with Gasteiger partial charge in [-0.15, -0.1) is 19.8 Å². The molecule has 4 aromatic rings. The van der Waals surface area contributed by atoms with Crippen LogP contribution >= 0.6 is 0 Å².